The van der Waals surface area contributed by atoms with Gasteiger partial charge in [-0.15, -0.1) is 0 Å². The van der Waals surface area contributed by atoms with Crippen LogP contribution in [0.25, 0.3) is 0 Å². The van der Waals surface area contributed by atoms with Crippen LogP contribution < -0.4 is 10.6 Å². The lowest BCUT2D eigenvalue weighted by molar-refractivity contribution is -0.149. The Morgan fingerprint density at radius 2 is 1.39 bits per heavy atom. The summed E-state index contributed by atoms with van der Waals surface area (Å²) in [5, 5.41) is -0.278. The first-order valence-electron chi connectivity index (χ1n) is 14.9. The van der Waals surface area contributed by atoms with Crippen molar-refractivity contribution < 1.29 is 51.3 Å². The quantitative estimate of drug-likeness (QED) is 0.178. The van der Waals surface area contributed by atoms with Crippen LogP contribution in [0.15, 0.2) is 17.1 Å². The first kappa shape index (κ1) is 39.1. The number of imide groups is 1. The minimum Gasteiger partial charge on any atom is -0.443 e. The number of amides is 2. The topological polar surface area (TPSA) is 145 Å². The third kappa shape index (κ3) is 10.2. The number of carbonyl (C=O) groups is 3. The Morgan fingerprint density at radius 1 is 0.913 bits per heavy atom. The Bertz CT molecular complexity index is 1310. The molecule has 1 aromatic heterocycles. The van der Waals surface area contributed by atoms with Crippen molar-refractivity contribution in [2.45, 2.75) is 142 Å². The lowest BCUT2D eigenvalue weighted by atomic mass is 10.1. The SMILES string of the molecule is CC(C)(C)OC(=O)O[C@H]1C(CO[Si](C)(C)C(C)(C)C)OC(n2ccc(N(C(=O)OC(C)(C)C)C(=O)OC(C)(C)C)nc2=O)C1(F)F. The molecule has 0 aliphatic carbocycles. The zero-order chi connectivity index (χ0) is 35.8. The number of anilines is 1. The van der Waals surface area contributed by atoms with Crippen molar-refractivity contribution in [3.63, 3.8) is 0 Å². The molecule has 0 saturated carbocycles. The van der Waals surface area contributed by atoms with Gasteiger partial charge in [0.2, 0.25) is 12.3 Å². The number of nitrogens with zero attached hydrogens (tertiary/aromatic N) is 3. The summed E-state index contributed by atoms with van der Waals surface area (Å²) >= 11 is 0. The van der Waals surface area contributed by atoms with Gasteiger partial charge in [-0.1, -0.05) is 20.8 Å². The Morgan fingerprint density at radius 3 is 1.80 bits per heavy atom. The third-order valence-corrected chi connectivity index (χ3v) is 11.3. The van der Waals surface area contributed by atoms with Gasteiger partial charge in [0.1, 0.15) is 22.9 Å². The van der Waals surface area contributed by atoms with E-state index in [1.54, 1.807) is 62.3 Å². The summed E-state index contributed by atoms with van der Waals surface area (Å²) in [5.74, 6) is -4.52. The molecule has 1 aromatic rings. The van der Waals surface area contributed by atoms with Gasteiger partial charge in [0, 0.05) is 6.20 Å². The second-order valence-electron chi connectivity index (χ2n) is 15.5. The first-order chi connectivity index (χ1) is 20.4. The molecule has 0 radical (unpaired) electrons. The standard InChI is InChI=1S/C30H49F2N3O10Si/c1-26(2,3)43-23(37)35(24(38)44-27(4,5)6)19-15-16-34(22(36)33-19)21-30(31,32)20(42-25(39)45-28(7,8)9)18(41-21)17-40-46(13,14)29(10,11)12/h15-16,18,20-21H,17H2,1-14H3/t18?,20-,21?/m0/s1. The van der Waals surface area contributed by atoms with Gasteiger partial charge in [-0.2, -0.15) is 18.7 Å². The Labute approximate surface area is 269 Å². The fraction of sp³-hybridized carbons (Fsp3) is 0.767. The second kappa shape index (κ2) is 13.2. The molecule has 1 aliphatic heterocycles. The molecule has 2 rings (SSSR count). The van der Waals surface area contributed by atoms with Gasteiger partial charge in [0.05, 0.1) is 6.61 Å². The van der Waals surface area contributed by atoms with Crippen LogP contribution in [0, 0.1) is 0 Å². The summed E-state index contributed by atoms with van der Waals surface area (Å²) in [6.07, 6.45) is -8.91. The van der Waals surface area contributed by atoms with Crippen LogP contribution in [0.2, 0.25) is 18.1 Å². The minimum atomic E-state index is -3.98. The molecule has 0 aromatic carbocycles. The predicted octanol–water partition coefficient (Wildman–Crippen LogP) is 6.79. The van der Waals surface area contributed by atoms with E-state index in [4.69, 9.17) is 28.1 Å². The summed E-state index contributed by atoms with van der Waals surface area (Å²) in [4.78, 5) is 55.9. The van der Waals surface area contributed by atoms with Crippen LogP contribution in [0.3, 0.4) is 0 Å². The third-order valence-electron chi connectivity index (χ3n) is 6.83. The zero-order valence-electron chi connectivity index (χ0n) is 29.3. The number of hydrogen-bond acceptors (Lipinski definition) is 11. The zero-order valence-corrected chi connectivity index (χ0v) is 30.3. The fourth-order valence-corrected chi connectivity index (χ4v) is 4.73. The summed E-state index contributed by atoms with van der Waals surface area (Å²) in [6, 6.07) is 0.984. The highest BCUT2D eigenvalue weighted by Crippen LogP contribution is 2.45. The van der Waals surface area contributed by atoms with E-state index in [0.29, 0.717) is 9.47 Å². The summed E-state index contributed by atoms with van der Waals surface area (Å²) in [5.41, 5.74) is -4.43. The van der Waals surface area contributed by atoms with Crippen LogP contribution in [-0.2, 0) is 28.1 Å². The van der Waals surface area contributed by atoms with Crippen molar-refractivity contribution >= 4 is 32.5 Å². The molecule has 1 saturated heterocycles. The molecule has 2 amide bonds. The van der Waals surface area contributed by atoms with E-state index in [1.807, 2.05) is 33.9 Å². The lowest BCUT2D eigenvalue weighted by Crippen LogP contribution is -2.48. The second-order valence-corrected chi connectivity index (χ2v) is 20.4. The highest BCUT2D eigenvalue weighted by Gasteiger charge is 2.63. The molecule has 46 heavy (non-hydrogen) atoms. The van der Waals surface area contributed by atoms with Crippen molar-refractivity contribution in [2.24, 2.45) is 0 Å². The van der Waals surface area contributed by atoms with Crippen LogP contribution >= 0.6 is 0 Å². The number of rotatable bonds is 6. The molecular formula is C30H49F2N3O10Si. The van der Waals surface area contributed by atoms with Crippen molar-refractivity contribution in [2.75, 3.05) is 11.5 Å². The lowest BCUT2D eigenvalue weighted by Gasteiger charge is -2.37. The maximum absolute atomic E-state index is 16.1. The molecule has 0 N–H and O–H groups in total. The van der Waals surface area contributed by atoms with Crippen LogP contribution in [-0.4, -0.2) is 77.8 Å². The molecule has 3 atom stereocenters. The summed E-state index contributed by atoms with van der Waals surface area (Å²) < 4.78 is 65.2. The van der Waals surface area contributed by atoms with Gasteiger partial charge in [0.15, 0.2) is 14.1 Å². The van der Waals surface area contributed by atoms with Gasteiger partial charge in [-0.3, -0.25) is 4.57 Å². The van der Waals surface area contributed by atoms with Crippen LogP contribution in [0.5, 0.6) is 0 Å². The maximum Gasteiger partial charge on any atom is 0.509 e. The summed E-state index contributed by atoms with van der Waals surface area (Å²) in [6.45, 7) is 23.3. The van der Waals surface area contributed by atoms with Gasteiger partial charge in [-0.05, 0) is 86.5 Å². The number of ether oxygens (including phenoxy) is 5. The highest BCUT2D eigenvalue weighted by atomic mass is 28.4. The van der Waals surface area contributed by atoms with E-state index < -0.39 is 79.3 Å². The number of carbonyl (C=O) groups excluding carboxylic acids is 3. The predicted molar refractivity (Wildman–Crippen MR) is 167 cm³/mol. The van der Waals surface area contributed by atoms with E-state index in [1.165, 1.54) is 0 Å². The Hall–Kier alpha value is -3.11. The van der Waals surface area contributed by atoms with Gasteiger partial charge < -0.3 is 28.1 Å². The number of hydrogen-bond donors (Lipinski definition) is 0. The van der Waals surface area contributed by atoms with Crippen molar-refractivity contribution in [1.82, 2.24) is 9.55 Å². The smallest absolute Gasteiger partial charge is 0.443 e. The van der Waals surface area contributed by atoms with Crippen molar-refractivity contribution in [1.29, 1.82) is 0 Å². The van der Waals surface area contributed by atoms with Crippen molar-refractivity contribution in [3.8, 4) is 0 Å². The number of halogens is 2. The number of alkyl halides is 2. The van der Waals surface area contributed by atoms with E-state index in [-0.39, 0.29) is 11.6 Å². The van der Waals surface area contributed by atoms with E-state index in [0.717, 1.165) is 12.3 Å². The normalized spacial score (nSPS) is 20.6. The molecule has 0 spiro atoms. The molecule has 1 aliphatic rings. The van der Waals surface area contributed by atoms with Gasteiger partial charge >= 0.3 is 30.0 Å². The molecule has 16 heteroatoms. The minimum absolute atomic E-state index is 0.278. The highest BCUT2D eigenvalue weighted by molar-refractivity contribution is 6.74. The summed E-state index contributed by atoms with van der Waals surface area (Å²) in [7, 11) is -2.49. The molecule has 262 valence electrons. The van der Waals surface area contributed by atoms with E-state index >= 15 is 8.78 Å². The van der Waals surface area contributed by atoms with Crippen LogP contribution in [0.4, 0.5) is 29.0 Å². The molecule has 13 nitrogen and oxygen atoms in total. The van der Waals surface area contributed by atoms with E-state index in [2.05, 4.69) is 4.98 Å². The molecule has 2 unspecified atom stereocenters. The molecule has 0 bridgehead atoms. The fourth-order valence-electron chi connectivity index (χ4n) is 3.72. The van der Waals surface area contributed by atoms with Gasteiger partial charge in [-0.25, -0.2) is 19.2 Å². The first-order valence-corrected chi connectivity index (χ1v) is 17.8. The average Bonchev–Trinajstić information content (AvgIpc) is 3.03. The van der Waals surface area contributed by atoms with Gasteiger partial charge in [0.25, 0.3) is 0 Å². The average molecular weight is 678 g/mol. The maximum atomic E-state index is 16.1. The Kier molecular flexibility index (Phi) is 11.2. The molecule has 1 fully saturated rings. The monoisotopic (exact) mass is 677 g/mol. The number of aromatic nitrogens is 2. The largest absolute Gasteiger partial charge is 0.509 e. The molecule has 2 heterocycles. The molecular weight excluding hydrogens is 628 g/mol. The Balaban J connectivity index is 2.55. The van der Waals surface area contributed by atoms with Crippen LogP contribution in [0.1, 0.15) is 89.3 Å². The van der Waals surface area contributed by atoms with Crippen molar-refractivity contribution in [3.05, 3.63) is 22.7 Å². The van der Waals surface area contributed by atoms with E-state index in [9.17, 15) is 19.2 Å².